The average molecular weight is 330 g/mol. The Bertz CT molecular complexity index is 583. The average Bonchev–Trinajstić information content (AvgIpc) is 3.11. The monoisotopic (exact) mass is 330 g/mol. The summed E-state index contributed by atoms with van der Waals surface area (Å²) in [6, 6.07) is 14.9. The van der Waals surface area contributed by atoms with Crippen LogP contribution in [0, 0.1) is 0 Å². The fraction of sp³-hybridized carbons (Fsp3) is 0.421. The molecule has 0 aliphatic rings. The first-order valence-corrected chi connectivity index (χ1v) is 9.07. The third-order valence-corrected chi connectivity index (χ3v) is 5.06. The number of hydrogen-bond acceptors (Lipinski definition) is 3. The molecule has 23 heavy (non-hydrogen) atoms. The van der Waals surface area contributed by atoms with Crippen molar-refractivity contribution in [3.8, 4) is 0 Å². The Kier molecular flexibility index (Phi) is 6.81. The van der Waals surface area contributed by atoms with Crippen LogP contribution < -0.4 is 4.90 Å². The first-order valence-electron chi connectivity index (χ1n) is 8.19. The molecular formula is C19H26N2OS. The van der Waals surface area contributed by atoms with E-state index in [0.29, 0.717) is 12.5 Å². The van der Waals surface area contributed by atoms with Crippen molar-refractivity contribution in [2.24, 2.45) is 0 Å². The lowest BCUT2D eigenvalue weighted by atomic mass is 10.1. The lowest BCUT2D eigenvalue weighted by Gasteiger charge is -2.30. The Morgan fingerprint density at radius 1 is 1.17 bits per heavy atom. The predicted octanol–water partition coefficient (Wildman–Crippen LogP) is 4.05. The zero-order valence-corrected chi connectivity index (χ0v) is 15.1. The molecule has 0 saturated carbocycles. The van der Waals surface area contributed by atoms with E-state index in [1.54, 1.807) is 11.3 Å². The van der Waals surface area contributed by atoms with Crippen LogP contribution in [0.1, 0.15) is 25.8 Å². The number of carbonyl (C=O) groups excluding carboxylic acids is 1. The molecule has 0 aliphatic carbocycles. The standard InChI is InChI=1S/C19H26N2OS/c1-4-18(22)21(19-11-8-14-23-19)15-16(2)20(3)13-12-17-9-6-5-7-10-17/h5-11,14,16H,4,12-13,15H2,1-3H3. The van der Waals surface area contributed by atoms with Gasteiger partial charge in [-0.25, -0.2) is 0 Å². The van der Waals surface area contributed by atoms with E-state index in [9.17, 15) is 4.79 Å². The van der Waals surface area contributed by atoms with Gasteiger partial charge in [-0.1, -0.05) is 37.3 Å². The number of hydrogen-bond donors (Lipinski definition) is 0. The maximum atomic E-state index is 12.3. The van der Waals surface area contributed by atoms with E-state index < -0.39 is 0 Å². The van der Waals surface area contributed by atoms with Crippen molar-refractivity contribution in [2.75, 3.05) is 25.0 Å². The van der Waals surface area contributed by atoms with E-state index in [-0.39, 0.29) is 5.91 Å². The van der Waals surface area contributed by atoms with E-state index in [4.69, 9.17) is 0 Å². The number of carbonyl (C=O) groups is 1. The third-order valence-electron chi connectivity index (χ3n) is 4.17. The summed E-state index contributed by atoms with van der Waals surface area (Å²) in [5.41, 5.74) is 1.35. The van der Waals surface area contributed by atoms with Gasteiger partial charge in [0.1, 0.15) is 0 Å². The molecule has 3 nitrogen and oxygen atoms in total. The Labute approximate surface area is 143 Å². The van der Waals surface area contributed by atoms with Crippen molar-refractivity contribution in [1.29, 1.82) is 0 Å². The molecule has 0 saturated heterocycles. The molecular weight excluding hydrogens is 304 g/mol. The van der Waals surface area contributed by atoms with Crippen LogP contribution in [0.3, 0.4) is 0 Å². The van der Waals surface area contributed by atoms with Crippen molar-refractivity contribution in [2.45, 2.75) is 32.7 Å². The maximum Gasteiger partial charge on any atom is 0.227 e. The number of amides is 1. The van der Waals surface area contributed by atoms with Crippen molar-refractivity contribution in [3.63, 3.8) is 0 Å². The molecule has 1 atom stereocenters. The van der Waals surface area contributed by atoms with E-state index in [0.717, 1.165) is 24.5 Å². The van der Waals surface area contributed by atoms with Gasteiger partial charge < -0.3 is 9.80 Å². The topological polar surface area (TPSA) is 23.6 Å². The van der Waals surface area contributed by atoms with Gasteiger partial charge in [0.15, 0.2) is 0 Å². The molecule has 0 aliphatic heterocycles. The highest BCUT2D eigenvalue weighted by Crippen LogP contribution is 2.22. The van der Waals surface area contributed by atoms with Crippen LogP contribution >= 0.6 is 11.3 Å². The minimum absolute atomic E-state index is 0.191. The summed E-state index contributed by atoms with van der Waals surface area (Å²) in [5, 5.41) is 3.06. The Balaban J connectivity index is 1.92. The minimum Gasteiger partial charge on any atom is -0.302 e. The normalized spacial score (nSPS) is 12.3. The molecule has 1 amide bonds. The highest BCUT2D eigenvalue weighted by Gasteiger charge is 2.20. The van der Waals surface area contributed by atoms with Crippen molar-refractivity contribution < 1.29 is 4.79 Å². The smallest absolute Gasteiger partial charge is 0.227 e. The molecule has 0 radical (unpaired) electrons. The second-order valence-corrected chi connectivity index (χ2v) is 6.80. The second kappa shape index (κ2) is 8.85. The summed E-state index contributed by atoms with van der Waals surface area (Å²) >= 11 is 1.63. The van der Waals surface area contributed by atoms with Gasteiger partial charge in [0.05, 0.1) is 5.00 Å². The number of likely N-dealkylation sites (N-methyl/N-ethyl adjacent to an activating group) is 1. The molecule has 0 bridgehead atoms. The van der Waals surface area contributed by atoms with Crippen molar-refractivity contribution in [3.05, 3.63) is 53.4 Å². The van der Waals surface area contributed by atoms with E-state index >= 15 is 0 Å². The van der Waals surface area contributed by atoms with Gasteiger partial charge in [0, 0.05) is 25.6 Å². The molecule has 0 fully saturated rings. The minimum atomic E-state index is 0.191. The SMILES string of the molecule is CCC(=O)N(CC(C)N(C)CCc1ccccc1)c1cccs1. The Hall–Kier alpha value is -1.65. The maximum absolute atomic E-state index is 12.3. The van der Waals surface area contributed by atoms with Gasteiger partial charge in [0.2, 0.25) is 5.91 Å². The largest absolute Gasteiger partial charge is 0.302 e. The number of thiophene rings is 1. The van der Waals surface area contributed by atoms with Gasteiger partial charge in [0.25, 0.3) is 0 Å². The zero-order chi connectivity index (χ0) is 16.7. The van der Waals surface area contributed by atoms with Gasteiger partial charge in [-0.15, -0.1) is 11.3 Å². The Morgan fingerprint density at radius 2 is 1.91 bits per heavy atom. The molecule has 0 spiro atoms. The van der Waals surface area contributed by atoms with Gasteiger partial charge in [-0.05, 0) is 43.5 Å². The highest BCUT2D eigenvalue weighted by molar-refractivity contribution is 7.14. The van der Waals surface area contributed by atoms with Crippen molar-refractivity contribution in [1.82, 2.24) is 4.90 Å². The summed E-state index contributed by atoms with van der Waals surface area (Å²) < 4.78 is 0. The van der Waals surface area contributed by atoms with E-state index in [1.165, 1.54) is 5.56 Å². The predicted molar refractivity (Wildman–Crippen MR) is 99.2 cm³/mol. The summed E-state index contributed by atoms with van der Waals surface area (Å²) in [5.74, 6) is 0.191. The molecule has 2 rings (SSSR count). The van der Waals surface area contributed by atoms with Crippen LogP contribution in [0.4, 0.5) is 5.00 Å². The van der Waals surface area contributed by atoms with Gasteiger partial charge >= 0.3 is 0 Å². The van der Waals surface area contributed by atoms with E-state index in [1.807, 2.05) is 35.4 Å². The van der Waals surface area contributed by atoms with E-state index in [2.05, 4.69) is 43.1 Å². The summed E-state index contributed by atoms with van der Waals surface area (Å²) in [6.45, 7) is 5.84. The molecule has 1 aromatic heterocycles. The molecule has 2 aromatic rings. The first-order chi connectivity index (χ1) is 11.1. The van der Waals surface area contributed by atoms with Crippen LogP contribution in [0.25, 0.3) is 0 Å². The molecule has 1 aromatic carbocycles. The third kappa shape index (κ3) is 5.19. The molecule has 1 unspecified atom stereocenters. The summed E-state index contributed by atoms with van der Waals surface area (Å²) in [4.78, 5) is 16.5. The van der Waals surface area contributed by atoms with Crippen LogP contribution in [0.15, 0.2) is 47.8 Å². The fourth-order valence-corrected chi connectivity index (χ4v) is 3.26. The number of anilines is 1. The molecule has 124 valence electrons. The molecule has 0 N–H and O–H groups in total. The zero-order valence-electron chi connectivity index (χ0n) is 14.2. The summed E-state index contributed by atoms with van der Waals surface area (Å²) in [6.07, 6.45) is 1.57. The quantitative estimate of drug-likeness (QED) is 0.729. The summed E-state index contributed by atoms with van der Waals surface area (Å²) in [7, 11) is 2.14. The lowest BCUT2D eigenvalue weighted by Crippen LogP contribution is -2.43. The Morgan fingerprint density at radius 3 is 2.52 bits per heavy atom. The molecule has 1 heterocycles. The van der Waals surface area contributed by atoms with Crippen LogP contribution in [-0.2, 0) is 11.2 Å². The van der Waals surface area contributed by atoms with Crippen LogP contribution in [0.2, 0.25) is 0 Å². The first kappa shape index (κ1) is 17.7. The number of rotatable bonds is 8. The van der Waals surface area contributed by atoms with Gasteiger partial charge in [-0.3, -0.25) is 4.79 Å². The van der Waals surface area contributed by atoms with Crippen molar-refractivity contribution >= 4 is 22.2 Å². The second-order valence-electron chi connectivity index (χ2n) is 5.87. The highest BCUT2D eigenvalue weighted by atomic mass is 32.1. The molecule has 4 heteroatoms. The lowest BCUT2D eigenvalue weighted by molar-refractivity contribution is -0.118. The van der Waals surface area contributed by atoms with Gasteiger partial charge in [-0.2, -0.15) is 0 Å². The number of benzene rings is 1. The van der Waals surface area contributed by atoms with Crippen LogP contribution in [0.5, 0.6) is 0 Å². The fourth-order valence-electron chi connectivity index (χ4n) is 2.50. The van der Waals surface area contributed by atoms with Crippen LogP contribution in [-0.4, -0.2) is 37.0 Å². The number of nitrogens with zero attached hydrogens (tertiary/aromatic N) is 2.